The Kier molecular flexibility index (Phi) is 3.27. The molecule has 0 aromatic carbocycles. The van der Waals surface area contributed by atoms with E-state index in [4.69, 9.17) is 22.7 Å². The van der Waals surface area contributed by atoms with E-state index in [-0.39, 0.29) is 11.7 Å². The lowest BCUT2D eigenvalue weighted by Gasteiger charge is -2.41. The second-order valence-corrected chi connectivity index (χ2v) is 4.85. The van der Waals surface area contributed by atoms with Crippen molar-refractivity contribution >= 4 is 17.2 Å². The lowest BCUT2D eigenvalue weighted by Crippen LogP contribution is -2.53. The fraction of sp³-hybridized carbons (Fsp3) is 0.889. The molecule has 1 atom stereocenters. The minimum atomic E-state index is -0.0809. The SMILES string of the molecule is CC1CN(CC(N)=S)CC(C)(C)O1. The largest absolute Gasteiger partial charge is 0.392 e. The van der Waals surface area contributed by atoms with E-state index in [0.29, 0.717) is 11.5 Å². The Hall–Kier alpha value is -0.190. The highest BCUT2D eigenvalue weighted by Gasteiger charge is 2.31. The van der Waals surface area contributed by atoms with Gasteiger partial charge in [-0.2, -0.15) is 0 Å². The van der Waals surface area contributed by atoms with Gasteiger partial charge in [0.25, 0.3) is 0 Å². The maximum Gasteiger partial charge on any atom is 0.0870 e. The van der Waals surface area contributed by atoms with Crippen LogP contribution in [0.1, 0.15) is 20.8 Å². The molecule has 4 heteroatoms. The average molecular weight is 202 g/mol. The Morgan fingerprint density at radius 1 is 1.69 bits per heavy atom. The van der Waals surface area contributed by atoms with Gasteiger partial charge in [0.15, 0.2) is 0 Å². The summed E-state index contributed by atoms with van der Waals surface area (Å²) in [6, 6.07) is 0. The summed E-state index contributed by atoms with van der Waals surface area (Å²) in [7, 11) is 0. The first-order chi connectivity index (χ1) is 5.89. The Balaban J connectivity index is 2.52. The van der Waals surface area contributed by atoms with E-state index in [2.05, 4.69) is 25.7 Å². The van der Waals surface area contributed by atoms with E-state index in [1.165, 1.54) is 0 Å². The highest BCUT2D eigenvalue weighted by molar-refractivity contribution is 7.80. The van der Waals surface area contributed by atoms with Gasteiger partial charge in [-0.15, -0.1) is 0 Å². The fourth-order valence-electron chi connectivity index (χ4n) is 1.93. The van der Waals surface area contributed by atoms with Crippen molar-refractivity contribution in [3.8, 4) is 0 Å². The Morgan fingerprint density at radius 3 is 2.77 bits per heavy atom. The Morgan fingerprint density at radius 2 is 2.31 bits per heavy atom. The molecule has 13 heavy (non-hydrogen) atoms. The van der Waals surface area contributed by atoms with Crippen LogP contribution in [-0.2, 0) is 4.74 Å². The molecule has 0 bridgehead atoms. The number of morpholine rings is 1. The zero-order valence-corrected chi connectivity index (χ0v) is 9.36. The van der Waals surface area contributed by atoms with Crippen LogP contribution < -0.4 is 5.73 Å². The molecule has 1 saturated heterocycles. The van der Waals surface area contributed by atoms with Gasteiger partial charge in [-0.3, -0.25) is 4.90 Å². The molecule has 0 spiro atoms. The third-order valence-electron chi connectivity index (χ3n) is 2.02. The lowest BCUT2D eigenvalue weighted by atomic mass is 10.1. The number of thiocarbonyl (C=S) groups is 1. The van der Waals surface area contributed by atoms with Crippen LogP contribution in [-0.4, -0.2) is 41.2 Å². The predicted octanol–water partition coefficient (Wildman–Crippen LogP) is 0.772. The number of nitrogens with two attached hydrogens (primary N) is 1. The van der Waals surface area contributed by atoms with Crippen molar-refractivity contribution in [1.82, 2.24) is 4.90 Å². The van der Waals surface area contributed by atoms with Gasteiger partial charge < -0.3 is 10.5 Å². The minimum absolute atomic E-state index is 0.0809. The molecule has 1 heterocycles. The predicted molar refractivity (Wildman–Crippen MR) is 57.9 cm³/mol. The van der Waals surface area contributed by atoms with Crippen molar-refractivity contribution in [1.29, 1.82) is 0 Å². The fourth-order valence-corrected chi connectivity index (χ4v) is 2.11. The van der Waals surface area contributed by atoms with Gasteiger partial charge in [-0.25, -0.2) is 0 Å². The zero-order valence-electron chi connectivity index (χ0n) is 8.54. The van der Waals surface area contributed by atoms with Gasteiger partial charge in [0.1, 0.15) is 0 Å². The molecular formula is C9H18N2OS. The summed E-state index contributed by atoms with van der Waals surface area (Å²) >= 11 is 4.89. The first-order valence-electron chi connectivity index (χ1n) is 4.57. The van der Waals surface area contributed by atoms with Crippen molar-refractivity contribution < 1.29 is 4.74 Å². The second kappa shape index (κ2) is 3.90. The van der Waals surface area contributed by atoms with E-state index in [9.17, 15) is 0 Å². The summed E-state index contributed by atoms with van der Waals surface area (Å²) in [5, 5.41) is 0. The Bertz CT molecular complexity index is 206. The van der Waals surface area contributed by atoms with E-state index >= 15 is 0 Å². The summed E-state index contributed by atoms with van der Waals surface area (Å²) in [5.74, 6) is 0. The third-order valence-corrected chi connectivity index (χ3v) is 2.15. The van der Waals surface area contributed by atoms with E-state index in [0.717, 1.165) is 13.1 Å². The maximum absolute atomic E-state index is 5.76. The van der Waals surface area contributed by atoms with Crippen LogP contribution in [0, 0.1) is 0 Å². The topological polar surface area (TPSA) is 38.5 Å². The molecule has 0 saturated carbocycles. The maximum atomic E-state index is 5.76. The lowest BCUT2D eigenvalue weighted by molar-refractivity contribution is -0.125. The summed E-state index contributed by atoms with van der Waals surface area (Å²) < 4.78 is 5.76. The zero-order chi connectivity index (χ0) is 10.1. The molecular weight excluding hydrogens is 184 g/mol. The van der Waals surface area contributed by atoms with Crippen molar-refractivity contribution in [2.45, 2.75) is 32.5 Å². The van der Waals surface area contributed by atoms with Crippen LogP contribution in [0.15, 0.2) is 0 Å². The van der Waals surface area contributed by atoms with E-state index < -0.39 is 0 Å². The average Bonchev–Trinajstić information content (AvgIpc) is 1.78. The molecule has 3 nitrogen and oxygen atoms in total. The second-order valence-electron chi connectivity index (χ2n) is 4.32. The highest BCUT2D eigenvalue weighted by Crippen LogP contribution is 2.20. The normalized spacial score (nSPS) is 28.7. The van der Waals surface area contributed by atoms with Gasteiger partial charge in [0.05, 0.1) is 16.7 Å². The molecule has 1 unspecified atom stereocenters. The van der Waals surface area contributed by atoms with Gasteiger partial charge in [0.2, 0.25) is 0 Å². The van der Waals surface area contributed by atoms with E-state index in [1.807, 2.05) is 0 Å². The minimum Gasteiger partial charge on any atom is -0.392 e. The third kappa shape index (κ3) is 3.58. The summed E-state index contributed by atoms with van der Waals surface area (Å²) in [6.45, 7) is 8.78. The number of rotatable bonds is 2. The van der Waals surface area contributed by atoms with Crippen LogP contribution in [0.2, 0.25) is 0 Å². The van der Waals surface area contributed by atoms with E-state index in [1.54, 1.807) is 0 Å². The first-order valence-corrected chi connectivity index (χ1v) is 4.98. The Labute approximate surface area is 85.2 Å². The first kappa shape index (κ1) is 10.9. The van der Waals surface area contributed by atoms with Crippen LogP contribution in [0.5, 0.6) is 0 Å². The van der Waals surface area contributed by atoms with Crippen molar-refractivity contribution in [2.75, 3.05) is 19.6 Å². The number of hydrogen-bond donors (Lipinski definition) is 1. The number of ether oxygens (including phenoxy) is 1. The highest BCUT2D eigenvalue weighted by atomic mass is 32.1. The molecule has 0 radical (unpaired) electrons. The van der Waals surface area contributed by atoms with Crippen LogP contribution in [0.25, 0.3) is 0 Å². The standard InChI is InChI=1S/C9H18N2OS/c1-7-4-11(5-8(10)13)6-9(2,3)12-7/h7H,4-6H2,1-3H3,(H2,10,13). The molecule has 2 N–H and O–H groups in total. The molecule has 0 aromatic rings. The van der Waals surface area contributed by atoms with Gasteiger partial charge in [0, 0.05) is 19.6 Å². The molecule has 0 amide bonds. The van der Waals surface area contributed by atoms with Crippen LogP contribution in [0.3, 0.4) is 0 Å². The van der Waals surface area contributed by atoms with Gasteiger partial charge in [-0.1, -0.05) is 12.2 Å². The number of hydrogen-bond acceptors (Lipinski definition) is 3. The van der Waals surface area contributed by atoms with Gasteiger partial charge >= 0.3 is 0 Å². The van der Waals surface area contributed by atoms with Crippen LogP contribution in [0.4, 0.5) is 0 Å². The molecule has 0 aliphatic carbocycles. The van der Waals surface area contributed by atoms with Crippen molar-refractivity contribution in [2.24, 2.45) is 5.73 Å². The molecule has 1 aliphatic rings. The smallest absolute Gasteiger partial charge is 0.0870 e. The molecule has 0 aromatic heterocycles. The quantitative estimate of drug-likeness (QED) is 0.671. The summed E-state index contributed by atoms with van der Waals surface area (Å²) in [5.41, 5.74) is 5.43. The summed E-state index contributed by atoms with van der Waals surface area (Å²) in [4.78, 5) is 2.81. The molecule has 1 aliphatic heterocycles. The monoisotopic (exact) mass is 202 g/mol. The molecule has 1 fully saturated rings. The van der Waals surface area contributed by atoms with Crippen molar-refractivity contribution in [3.63, 3.8) is 0 Å². The number of nitrogens with zero attached hydrogens (tertiary/aromatic N) is 1. The van der Waals surface area contributed by atoms with Crippen molar-refractivity contribution in [3.05, 3.63) is 0 Å². The molecule has 1 rings (SSSR count). The molecule has 76 valence electrons. The summed E-state index contributed by atoms with van der Waals surface area (Å²) in [6.07, 6.45) is 0.262. The van der Waals surface area contributed by atoms with Crippen LogP contribution >= 0.6 is 12.2 Å². The van der Waals surface area contributed by atoms with Gasteiger partial charge in [-0.05, 0) is 20.8 Å².